The van der Waals surface area contributed by atoms with Crippen LogP contribution in [0.2, 0.25) is 0 Å². The first-order valence-corrected chi connectivity index (χ1v) is 9.41. The van der Waals surface area contributed by atoms with Gasteiger partial charge in [0.1, 0.15) is 5.75 Å². The largest absolute Gasteiger partial charge is 0.484 e. The van der Waals surface area contributed by atoms with Gasteiger partial charge in [0.2, 0.25) is 0 Å². The number of nitrogens with zero attached hydrogens (tertiary/aromatic N) is 2. The van der Waals surface area contributed by atoms with E-state index in [-0.39, 0.29) is 41.2 Å². The van der Waals surface area contributed by atoms with E-state index in [9.17, 15) is 4.79 Å². The molecule has 0 bridgehead atoms. The topological polar surface area (TPSA) is 66.0 Å². The van der Waals surface area contributed by atoms with Crippen molar-refractivity contribution in [1.29, 1.82) is 0 Å². The third-order valence-corrected chi connectivity index (χ3v) is 4.93. The summed E-state index contributed by atoms with van der Waals surface area (Å²) in [5.41, 5.74) is 1.06. The standard InChI is InChI=1S/C18H30N4O2S.HI/c1-18(2,25-6)13-21-17(19-3)20-11-14-8-7-9-15(10-14)24-12-16(23)22(4)5;/h7-10H,11-13H2,1-6H3,(H2,19,20,21);1H. The summed E-state index contributed by atoms with van der Waals surface area (Å²) in [6.45, 7) is 5.86. The highest BCUT2D eigenvalue weighted by atomic mass is 127. The van der Waals surface area contributed by atoms with Gasteiger partial charge in [-0.3, -0.25) is 9.79 Å². The minimum absolute atomic E-state index is 0. The summed E-state index contributed by atoms with van der Waals surface area (Å²) in [6, 6.07) is 7.70. The van der Waals surface area contributed by atoms with Crippen LogP contribution in [0.5, 0.6) is 5.75 Å². The summed E-state index contributed by atoms with van der Waals surface area (Å²) in [7, 11) is 5.18. The van der Waals surface area contributed by atoms with E-state index in [4.69, 9.17) is 4.74 Å². The molecular weight excluding hydrogens is 463 g/mol. The molecule has 8 heteroatoms. The fourth-order valence-corrected chi connectivity index (χ4v) is 2.01. The predicted octanol–water partition coefficient (Wildman–Crippen LogP) is 2.58. The summed E-state index contributed by atoms with van der Waals surface area (Å²) < 4.78 is 5.69. The minimum atomic E-state index is -0.0652. The highest BCUT2D eigenvalue weighted by Crippen LogP contribution is 2.19. The third kappa shape index (κ3) is 9.51. The van der Waals surface area contributed by atoms with E-state index in [1.807, 2.05) is 36.0 Å². The lowest BCUT2D eigenvalue weighted by atomic mass is 10.2. The van der Waals surface area contributed by atoms with Crippen molar-refractivity contribution in [1.82, 2.24) is 15.5 Å². The zero-order chi connectivity index (χ0) is 18.9. The Hall–Kier alpha value is -1.16. The molecule has 26 heavy (non-hydrogen) atoms. The van der Waals surface area contributed by atoms with Crippen molar-refractivity contribution in [2.24, 2.45) is 4.99 Å². The minimum Gasteiger partial charge on any atom is -0.484 e. The van der Waals surface area contributed by atoms with Gasteiger partial charge in [-0.05, 0) is 37.8 Å². The number of guanidine groups is 1. The molecular formula is C18H31IN4O2S. The molecule has 0 heterocycles. The first-order chi connectivity index (χ1) is 11.8. The molecule has 0 fully saturated rings. The van der Waals surface area contributed by atoms with E-state index in [2.05, 4.69) is 35.7 Å². The molecule has 6 nitrogen and oxygen atoms in total. The molecule has 1 amide bonds. The van der Waals surface area contributed by atoms with E-state index < -0.39 is 0 Å². The van der Waals surface area contributed by atoms with Crippen LogP contribution < -0.4 is 15.4 Å². The Labute approximate surface area is 178 Å². The average Bonchev–Trinajstić information content (AvgIpc) is 2.60. The zero-order valence-corrected chi connectivity index (χ0v) is 19.6. The molecule has 0 atom stereocenters. The zero-order valence-electron chi connectivity index (χ0n) is 16.5. The Kier molecular flexibility index (Phi) is 11.7. The quantitative estimate of drug-likeness (QED) is 0.331. The van der Waals surface area contributed by atoms with E-state index in [1.54, 1.807) is 21.1 Å². The van der Waals surface area contributed by atoms with Gasteiger partial charge in [-0.25, -0.2) is 0 Å². The van der Waals surface area contributed by atoms with Crippen molar-refractivity contribution in [3.05, 3.63) is 29.8 Å². The molecule has 148 valence electrons. The number of rotatable bonds is 8. The van der Waals surface area contributed by atoms with Crippen LogP contribution in [0.15, 0.2) is 29.3 Å². The SMILES string of the molecule is CN=C(NCc1cccc(OCC(=O)N(C)C)c1)NCC(C)(C)SC.I. The molecule has 0 aliphatic heterocycles. The van der Waals surface area contributed by atoms with Crippen molar-refractivity contribution in [3.63, 3.8) is 0 Å². The third-order valence-electron chi connectivity index (χ3n) is 3.68. The summed E-state index contributed by atoms with van der Waals surface area (Å²) in [5, 5.41) is 6.63. The molecule has 0 unspecified atom stereocenters. The molecule has 0 saturated carbocycles. The van der Waals surface area contributed by atoms with Gasteiger partial charge in [0.05, 0.1) is 0 Å². The summed E-state index contributed by atoms with van der Waals surface area (Å²) in [4.78, 5) is 17.4. The molecule has 0 saturated heterocycles. The van der Waals surface area contributed by atoms with Crippen LogP contribution in [-0.2, 0) is 11.3 Å². The van der Waals surface area contributed by atoms with Crippen LogP contribution in [-0.4, -0.2) is 62.1 Å². The molecule has 1 rings (SSSR count). The maximum atomic E-state index is 11.6. The van der Waals surface area contributed by atoms with Crippen LogP contribution in [0, 0.1) is 0 Å². The van der Waals surface area contributed by atoms with Crippen molar-refractivity contribution in [2.45, 2.75) is 25.1 Å². The number of nitrogens with one attached hydrogen (secondary N) is 2. The van der Waals surface area contributed by atoms with Gasteiger partial charge in [0.15, 0.2) is 12.6 Å². The number of hydrogen-bond donors (Lipinski definition) is 2. The molecule has 2 N–H and O–H groups in total. The van der Waals surface area contributed by atoms with Crippen LogP contribution >= 0.6 is 35.7 Å². The van der Waals surface area contributed by atoms with Gasteiger partial charge >= 0.3 is 0 Å². The van der Waals surface area contributed by atoms with Crippen LogP contribution in [0.3, 0.4) is 0 Å². The smallest absolute Gasteiger partial charge is 0.259 e. The first kappa shape index (κ1) is 24.8. The van der Waals surface area contributed by atoms with Gasteiger partial charge in [-0.2, -0.15) is 11.8 Å². The van der Waals surface area contributed by atoms with Crippen molar-refractivity contribution >= 4 is 47.6 Å². The highest BCUT2D eigenvalue weighted by molar-refractivity contribution is 14.0. The number of aliphatic imine (C=N–C) groups is 1. The Morgan fingerprint density at radius 3 is 2.58 bits per heavy atom. The second kappa shape index (κ2) is 12.3. The Balaban J connectivity index is 0.00000625. The number of hydrogen-bond acceptors (Lipinski definition) is 4. The van der Waals surface area contributed by atoms with Crippen LogP contribution in [0.1, 0.15) is 19.4 Å². The summed E-state index contributed by atoms with van der Waals surface area (Å²) in [5.74, 6) is 1.38. The molecule has 0 aromatic heterocycles. The molecule has 0 radical (unpaired) electrons. The molecule has 1 aromatic rings. The fourth-order valence-electron chi connectivity index (χ4n) is 1.79. The number of thioether (sulfide) groups is 1. The molecule has 1 aromatic carbocycles. The van der Waals surface area contributed by atoms with Gasteiger partial charge in [-0.1, -0.05) is 12.1 Å². The van der Waals surface area contributed by atoms with Crippen molar-refractivity contribution < 1.29 is 9.53 Å². The number of halogens is 1. The number of benzene rings is 1. The van der Waals surface area contributed by atoms with E-state index in [0.29, 0.717) is 12.3 Å². The number of carbonyl (C=O) groups is 1. The second-order valence-corrected chi connectivity index (χ2v) is 7.98. The number of amides is 1. The van der Waals surface area contributed by atoms with Crippen molar-refractivity contribution in [3.8, 4) is 5.75 Å². The molecule has 0 aliphatic rings. The predicted molar refractivity (Wildman–Crippen MR) is 122 cm³/mol. The lowest BCUT2D eigenvalue weighted by Crippen LogP contribution is -2.42. The van der Waals surface area contributed by atoms with E-state index in [1.165, 1.54) is 4.90 Å². The van der Waals surface area contributed by atoms with Gasteiger partial charge in [0.25, 0.3) is 5.91 Å². The van der Waals surface area contributed by atoms with E-state index >= 15 is 0 Å². The molecule has 0 aliphatic carbocycles. The number of ether oxygens (including phenoxy) is 1. The number of carbonyl (C=O) groups excluding carboxylic acids is 1. The first-order valence-electron chi connectivity index (χ1n) is 8.19. The lowest BCUT2D eigenvalue weighted by Gasteiger charge is -2.23. The summed E-state index contributed by atoms with van der Waals surface area (Å²) >= 11 is 1.81. The second-order valence-electron chi connectivity index (χ2n) is 6.47. The van der Waals surface area contributed by atoms with E-state index in [0.717, 1.165) is 18.1 Å². The maximum Gasteiger partial charge on any atom is 0.259 e. The van der Waals surface area contributed by atoms with Crippen LogP contribution in [0.4, 0.5) is 0 Å². The average molecular weight is 494 g/mol. The Morgan fingerprint density at radius 2 is 2.00 bits per heavy atom. The normalized spacial score (nSPS) is 11.4. The van der Waals surface area contributed by atoms with Gasteiger partial charge < -0.3 is 20.3 Å². The lowest BCUT2D eigenvalue weighted by molar-refractivity contribution is -0.130. The Morgan fingerprint density at radius 1 is 1.31 bits per heavy atom. The fraction of sp³-hybridized carbons (Fsp3) is 0.556. The maximum absolute atomic E-state index is 11.6. The number of likely N-dealkylation sites (N-methyl/N-ethyl adjacent to an activating group) is 1. The highest BCUT2D eigenvalue weighted by Gasteiger charge is 2.16. The Bertz CT molecular complexity index is 594. The van der Waals surface area contributed by atoms with Crippen LogP contribution in [0.25, 0.3) is 0 Å². The monoisotopic (exact) mass is 494 g/mol. The van der Waals surface area contributed by atoms with Gasteiger partial charge in [0, 0.05) is 39.0 Å². The van der Waals surface area contributed by atoms with Crippen molar-refractivity contribution in [2.75, 3.05) is 40.6 Å². The van der Waals surface area contributed by atoms with Gasteiger partial charge in [-0.15, -0.1) is 24.0 Å². The molecule has 0 spiro atoms. The summed E-state index contributed by atoms with van der Waals surface area (Å²) in [6.07, 6.45) is 2.10.